The van der Waals surface area contributed by atoms with Gasteiger partial charge in [0.2, 0.25) is 0 Å². The van der Waals surface area contributed by atoms with Gasteiger partial charge in [-0.05, 0) is 18.6 Å². The van der Waals surface area contributed by atoms with E-state index in [9.17, 15) is 14.7 Å². The predicted molar refractivity (Wildman–Crippen MR) is 62.9 cm³/mol. The molecule has 92 valence electrons. The molecule has 1 rings (SSSR count). The third-order valence-corrected chi connectivity index (χ3v) is 2.42. The Morgan fingerprint density at radius 3 is 2.53 bits per heavy atom. The molecular weight excluding hydrogens is 220 g/mol. The van der Waals surface area contributed by atoms with Crippen LogP contribution < -0.4 is 0 Å². The Kier molecular flexibility index (Phi) is 4.84. The number of aliphatic hydroxyl groups excluding tert-OH is 1. The molecule has 17 heavy (non-hydrogen) atoms. The second-order valence-corrected chi connectivity index (χ2v) is 3.50. The number of esters is 1. The lowest BCUT2D eigenvalue weighted by atomic mass is 9.96. The van der Waals surface area contributed by atoms with Crippen LogP contribution in [0.5, 0.6) is 0 Å². The Bertz CT molecular complexity index is 423. The summed E-state index contributed by atoms with van der Waals surface area (Å²) in [5.74, 6) is -0.697. The van der Waals surface area contributed by atoms with Crippen molar-refractivity contribution >= 4 is 11.8 Å². The van der Waals surface area contributed by atoms with Crippen LogP contribution in [0, 0.1) is 0 Å². The molecule has 0 spiro atoms. The molecule has 0 unspecified atom stereocenters. The van der Waals surface area contributed by atoms with E-state index in [-0.39, 0.29) is 36.5 Å². The van der Waals surface area contributed by atoms with E-state index in [4.69, 9.17) is 4.74 Å². The molecule has 0 fully saturated rings. The first-order valence-electron chi connectivity index (χ1n) is 5.58. The van der Waals surface area contributed by atoms with Crippen LogP contribution in [0.1, 0.15) is 46.5 Å². The van der Waals surface area contributed by atoms with Crippen molar-refractivity contribution in [1.29, 1.82) is 0 Å². The Hall–Kier alpha value is -1.68. The minimum Gasteiger partial charge on any atom is -0.462 e. The van der Waals surface area contributed by atoms with Crippen molar-refractivity contribution in [2.45, 2.75) is 26.9 Å². The number of carbonyl (C=O) groups is 2. The molecule has 0 bridgehead atoms. The number of hydrogen-bond acceptors (Lipinski definition) is 4. The van der Waals surface area contributed by atoms with Gasteiger partial charge in [-0.2, -0.15) is 0 Å². The van der Waals surface area contributed by atoms with E-state index in [0.717, 1.165) is 0 Å². The normalized spacial score (nSPS) is 10.1. The fourth-order valence-corrected chi connectivity index (χ4v) is 1.62. The van der Waals surface area contributed by atoms with E-state index in [2.05, 4.69) is 0 Å². The van der Waals surface area contributed by atoms with Crippen LogP contribution in [0.3, 0.4) is 0 Å². The summed E-state index contributed by atoms with van der Waals surface area (Å²) in [6.07, 6.45) is 0.281. The minimum atomic E-state index is -0.528. The summed E-state index contributed by atoms with van der Waals surface area (Å²) in [7, 11) is 0. The first-order valence-corrected chi connectivity index (χ1v) is 5.58. The summed E-state index contributed by atoms with van der Waals surface area (Å²) in [6.45, 7) is 3.40. The van der Waals surface area contributed by atoms with E-state index in [0.29, 0.717) is 5.56 Å². The van der Waals surface area contributed by atoms with E-state index in [1.165, 1.54) is 0 Å². The van der Waals surface area contributed by atoms with Crippen molar-refractivity contribution in [2.24, 2.45) is 0 Å². The average molecular weight is 236 g/mol. The largest absolute Gasteiger partial charge is 0.462 e. The first-order chi connectivity index (χ1) is 8.15. The molecule has 0 aliphatic carbocycles. The summed E-state index contributed by atoms with van der Waals surface area (Å²) in [4.78, 5) is 23.5. The van der Waals surface area contributed by atoms with Crippen molar-refractivity contribution < 1.29 is 19.4 Å². The smallest absolute Gasteiger partial charge is 0.338 e. The molecule has 0 radical (unpaired) electrons. The zero-order chi connectivity index (χ0) is 12.8. The second kappa shape index (κ2) is 6.15. The number of benzene rings is 1. The fourth-order valence-electron chi connectivity index (χ4n) is 1.62. The van der Waals surface area contributed by atoms with Crippen LogP contribution in [0.4, 0.5) is 0 Å². The lowest BCUT2D eigenvalue weighted by Crippen LogP contribution is -2.14. The third kappa shape index (κ3) is 2.91. The lowest BCUT2D eigenvalue weighted by molar-refractivity contribution is 0.0522. The van der Waals surface area contributed by atoms with Crippen LogP contribution in [0.15, 0.2) is 18.2 Å². The summed E-state index contributed by atoms with van der Waals surface area (Å²) >= 11 is 0. The Labute approximate surface area is 100 Å². The fraction of sp³-hybridized carbons (Fsp3) is 0.385. The average Bonchev–Trinajstić information content (AvgIpc) is 2.37. The lowest BCUT2D eigenvalue weighted by Gasteiger charge is -2.11. The number of hydrogen-bond donors (Lipinski definition) is 1. The number of ketones is 1. The second-order valence-electron chi connectivity index (χ2n) is 3.50. The molecule has 4 nitrogen and oxygen atoms in total. The summed E-state index contributed by atoms with van der Waals surface area (Å²) in [5, 5.41) is 9.19. The van der Waals surface area contributed by atoms with Gasteiger partial charge in [-0.1, -0.05) is 19.1 Å². The number of Topliss-reactive ketones (excluding diaryl/α,β-unsaturated/α-hetero) is 1. The van der Waals surface area contributed by atoms with Crippen LogP contribution in [-0.2, 0) is 11.3 Å². The van der Waals surface area contributed by atoms with Crippen LogP contribution >= 0.6 is 0 Å². The van der Waals surface area contributed by atoms with Crippen LogP contribution in [0.2, 0.25) is 0 Å². The molecule has 4 heteroatoms. The maximum absolute atomic E-state index is 11.8. The predicted octanol–water partition coefficient (Wildman–Crippen LogP) is 1.95. The van der Waals surface area contributed by atoms with E-state index >= 15 is 0 Å². The van der Waals surface area contributed by atoms with Gasteiger partial charge in [-0.3, -0.25) is 4.79 Å². The zero-order valence-corrected chi connectivity index (χ0v) is 10.0. The Morgan fingerprint density at radius 1 is 1.29 bits per heavy atom. The maximum atomic E-state index is 11.8. The first kappa shape index (κ1) is 13.4. The minimum absolute atomic E-state index is 0.169. The number of carbonyl (C=O) groups excluding carboxylic acids is 2. The number of rotatable bonds is 5. The van der Waals surface area contributed by atoms with Crippen molar-refractivity contribution in [3.8, 4) is 0 Å². The molecule has 0 heterocycles. The molecule has 0 saturated carbocycles. The molecule has 0 amide bonds. The van der Waals surface area contributed by atoms with Crippen molar-refractivity contribution in [3.63, 3.8) is 0 Å². The van der Waals surface area contributed by atoms with E-state index in [1.807, 2.05) is 0 Å². The van der Waals surface area contributed by atoms with Gasteiger partial charge in [0, 0.05) is 12.0 Å². The van der Waals surface area contributed by atoms with E-state index in [1.54, 1.807) is 32.0 Å². The summed E-state index contributed by atoms with van der Waals surface area (Å²) < 4.78 is 4.89. The molecular formula is C13H16O4. The van der Waals surface area contributed by atoms with Gasteiger partial charge < -0.3 is 9.84 Å². The van der Waals surface area contributed by atoms with Crippen LogP contribution in [-0.4, -0.2) is 23.5 Å². The standard InChI is InChI=1S/C13H16O4/c1-3-11(15)12-9(8-14)6-5-7-10(12)13(16)17-4-2/h5-7,14H,3-4,8H2,1-2H3. The summed E-state index contributed by atoms with van der Waals surface area (Å²) in [5.41, 5.74) is 0.962. The maximum Gasteiger partial charge on any atom is 0.338 e. The topological polar surface area (TPSA) is 63.6 Å². The zero-order valence-electron chi connectivity index (χ0n) is 10.0. The molecule has 1 aromatic rings. The highest BCUT2D eigenvalue weighted by Gasteiger charge is 2.19. The molecule has 0 atom stereocenters. The van der Waals surface area contributed by atoms with Crippen LogP contribution in [0.25, 0.3) is 0 Å². The van der Waals surface area contributed by atoms with E-state index < -0.39 is 5.97 Å². The van der Waals surface area contributed by atoms with Gasteiger partial charge in [-0.25, -0.2) is 4.79 Å². The monoisotopic (exact) mass is 236 g/mol. The highest BCUT2D eigenvalue weighted by atomic mass is 16.5. The van der Waals surface area contributed by atoms with Gasteiger partial charge in [-0.15, -0.1) is 0 Å². The van der Waals surface area contributed by atoms with Crippen molar-refractivity contribution in [3.05, 3.63) is 34.9 Å². The quantitative estimate of drug-likeness (QED) is 0.627. The number of aliphatic hydroxyl groups is 1. The molecule has 1 N–H and O–H groups in total. The number of ether oxygens (including phenoxy) is 1. The van der Waals surface area contributed by atoms with Gasteiger partial charge in [0.15, 0.2) is 5.78 Å². The molecule has 0 aromatic heterocycles. The van der Waals surface area contributed by atoms with Crippen molar-refractivity contribution in [2.75, 3.05) is 6.61 Å². The summed E-state index contributed by atoms with van der Waals surface area (Å²) in [6, 6.07) is 4.80. The van der Waals surface area contributed by atoms with Gasteiger partial charge in [0.1, 0.15) is 0 Å². The molecule has 1 aromatic carbocycles. The van der Waals surface area contributed by atoms with Gasteiger partial charge in [0.05, 0.1) is 18.8 Å². The molecule has 0 aliphatic heterocycles. The van der Waals surface area contributed by atoms with Gasteiger partial charge >= 0.3 is 5.97 Å². The highest BCUT2D eigenvalue weighted by Crippen LogP contribution is 2.18. The van der Waals surface area contributed by atoms with Crippen molar-refractivity contribution in [1.82, 2.24) is 0 Å². The third-order valence-electron chi connectivity index (χ3n) is 2.42. The Morgan fingerprint density at radius 2 is 2.00 bits per heavy atom. The molecule has 0 saturated heterocycles. The highest BCUT2D eigenvalue weighted by molar-refractivity contribution is 6.07. The molecule has 0 aliphatic rings. The van der Waals surface area contributed by atoms with Gasteiger partial charge in [0.25, 0.3) is 0 Å². The SMILES string of the molecule is CCOC(=O)c1cccc(CO)c1C(=O)CC. The Balaban J connectivity index is 3.28.